The fourth-order valence-electron chi connectivity index (χ4n) is 4.96. The molecule has 1 aromatic heterocycles. The summed E-state index contributed by atoms with van der Waals surface area (Å²) >= 11 is 0. The molecule has 0 spiro atoms. The van der Waals surface area contributed by atoms with E-state index in [-0.39, 0.29) is 5.88 Å². The molecule has 21 heteroatoms. The van der Waals surface area contributed by atoms with Gasteiger partial charge in [0.05, 0.1) is 50.7 Å². The lowest BCUT2D eigenvalue weighted by Crippen LogP contribution is -2.69. The highest BCUT2D eigenvalue weighted by atomic mass is 16.8. The first kappa shape index (κ1) is 37.4. The quantitative estimate of drug-likeness (QED) is 0.137. The molecule has 3 rings (SSSR count). The van der Waals surface area contributed by atoms with E-state index < -0.39 is 91.1 Å². The van der Waals surface area contributed by atoms with Crippen molar-refractivity contribution in [1.82, 2.24) is 10.6 Å². The van der Waals surface area contributed by atoms with E-state index in [0.717, 1.165) is 41.7 Å². The average Bonchev–Trinajstić information content (AvgIpc) is 3.46. The molecule has 0 bridgehead atoms. The highest BCUT2D eigenvalue weighted by Crippen LogP contribution is 2.37. The normalized spacial score (nSPS) is 23.4. The number of anilines is 1. The lowest BCUT2D eigenvalue weighted by molar-refractivity contribution is -0.759. The van der Waals surface area contributed by atoms with Gasteiger partial charge < -0.3 is 43.2 Å². The van der Waals surface area contributed by atoms with Crippen LogP contribution in [0.3, 0.4) is 0 Å². The van der Waals surface area contributed by atoms with Gasteiger partial charge in [0, 0.05) is 34.6 Å². The highest BCUT2D eigenvalue weighted by molar-refractivity contribution is 5.87. The predicted molar refractivity (Wildman–Crippen MR) is 151 cm³/mol. The zero-order valence-electron chi connectivity index (χ0n) is 27.1. The van der Waals surface area contributed by atoms with Gasteiger partial charge >= 0.3 is 47.6 Å². The van der Waals surface area contributed by atoms with Crippen molar-refractivity contribution in [1.29, 1.82) is 0 Å². The van der Waals surface area contributed by atoms with Crippen molar-refractivity contribution in [3.8, 4) is 0 Å². The van der Waals surface area contributed by atoms with Crippen LogP contribution in [0.25, 0.3) is 0 Å². The van der Waals surface area contributed by atoms with E-state index in [9.17, 15) is 33.6 Å². The number of methoxy groups -OCH3 is 1. The van der Waals surface area contributed by atoms with Crippen LogP contribution >= 0.6 is 0 Å². The second-order valence-corrected chi connectivity index (χ2v) is 10.5. The monoisotopic (exact) mass is 688 g/mol. The summed E-state index contributed by atoms with van der Waals surface area (Å²) in [6.45, 7) is 6.32. The Morgan fingerprint density at radius 3 is 2.23 bits per heavy atom. The molecule has 2 fully saturated rings. The van der Waals surface area contributed by atoms with Crippen LogP contribution in [0.5, 0.6) is 0 Å². The first-order valence-electron chi connectivity index (χ1n) is 14.5. The van der Waals surface area contributed by atoms with Gasteiger partial charge in [0.2, 0.25) is 11.2 Å². The van der Waals surface area contributed by atoms with Gasteiger partial charge in [0.25, 0.3) is 6.20 Å². The summed E-state index contributed by atoms with van der Waals surface area (Å²) in [7, 11) is 0.943. The molecule has 48 heavy (non-hydrogen) atoms. The molecule has 2 saturated heterocycles. The lowest BCUT2D eigenvalue weighted by Gasteiger charge is -2.47. The Bertz CT molecular complexity index is 1360. The van der Waals surface area contributed by atoms with Crippen molar-refractivity contribution in [2.24, 2.45) is 0 Å². The van der Waals surface area contributed by atoms with Gasteiger partial charge in [-0.3, -0.25) is 33.8 Å². The molecule has 3 heterocycles. The van der Waals surface area contributed by atoms with Crippen molar-refractivity contribution < 1.29 is 80.8 Å². The van der Waals surface area contributed by atoms with Crippen LogP contribution in [0, 0.1) is 0 Å². The summed E-state index contributed by atoms with van der Waals surface area (Å²) in [5, 5.41) is 10.3. The van der Waals surface area contributed by atoms with Gasteiger partial charge in [0.1, 0.15) is 18.8 Å². The molecule has 1 aromatic rings. The Balaban J connectivity index is 2.07. The molecule has 0 aliphatic carbocycles. The van der Waals surface area contributed by atoms with Crippen LogP contribution < -0.4 is 20.4 Å². The number of carbonyl (C=O) groups excluding carboxylic acids is 7. The number of rotatable bonds is 12. The number of amides is 2. The number of nitrogens with one attached hydrogen (secondary N) is 2. The van der Waals surface area contributed by atoms with Crippen LogP contribution in [0.1, 0.15) is 41.0 Å². The molecule has 0 saturated carbocycles. The maximum Gasteiger partial charge on any atom is 0.417 e. The molecule has 2 aliphatic heterocycles. The summed E-state index contributed by atoms with van der Waals surface area (Å²) in [6, 6.07) is -1.45. The zero-order chi connectivity index (χ0) is 35.6. The second kappa shape index (κ2) is 16.7. The number of esters is 5. The van der Waals surface area contributed by atoms with E-state index in [4.69, 9.17) is 42.4 Å². The molecule has 2 aliphatic rings. The number of carbonyl (C=O) groups is 7. The number of ether oxygens (including phenoxy) is 8. The maximum atomic E-state index is 13.4. The van der Waals surface area contributed by atoms with Gasteiger partial charge in [-0.15, -0.1) is 5.01 Å². The number of morpholine rings is 1. The number of hydrogen-bond donors (Lipinski definition) is 2. The average molecular weight is 689 g/mol. The second-order valence-electron chi connectivity index (χ2n) is 10.5. The fraction of sp³-hybridized carbons (Fsp3) is 0.667. The predicted octanol–water partition coefficient (Wildman–Crippen LogP) is -2.00. The first-order valence-corrected chi connectivity index (χ1v) is 14.5. The number of hydrogen-bond acceptors (Lipinski definition) is 18. The summed E-state index contributed by atoms with van der Waals surface area (Å²) in [5.74, 6) is -8.59. The maximum absolute atomic E-state index is 13.4. The van der Waals surface area contributed by atoms with Gasteiger partial charge in [-0.2, -0.15) is 0 Å². The topological polar surface area (TPSA) is 251 Å². The SMILES string of the molecule is COC(=O)[C@]1(OC(=O)Nc2c[n+](N3CCOCC3)no2)C[C@H](OC(C)=O)[C@@H](NC(C)=O)[C@H]([C@H](OC(C)=O)[C@@H](COC(C)=O)OC(C)=O)O1. The first-order chi connectivity index (χ1) is 22.6. The van der Waals surface area contributed by atoms with Crippen molar-refractivity contribution in [3.63, 3.8) is 0 Å². The van der Waals surface area contributed by atoms with Gasteiger partial charge in [-0.1, -0.05) is 0 Å². The van der Waals surface area contributed by atoms with Crippen LogP contribution in [0.2, 0.25) is 0 Å². The standard InChI is InChI=1S/C27H37N5O16/c1-14(33)28-22-19(43-16(3)35)11-27(25(38)40-6,47-26(39)29-21-12-32(30-48-21)31-7-9-41-10-8-31)46-24(22)23(45-18(5)37)20(44-17(4)36)13-42-15(2)34/h12,19-20,22-24H,7-11,13H2,1-6H3,(H-,28,29,30,33,39)/p+1/t19-,20+,22+,23+,24+,27+/m0/s1. The Hall–Kier alpha value is -5.05. The van der Waals surface area contributed by atoms with Crippen molar-refractivity contribution >= 4 is 47.7 Å². The summed E-state index contributed by atoms with van der Waals surface area (Å²) in [6.07, 6.45) is -7.55. The van der Waals surface area contributed by atoms with E-state index in [1.165, 1.54) is 11.0 Å². The minimum atomic E-state index is -2.76. The van der Waals surface area contributed by atoms with Gasteiger partial charge in [-0.25, -0.2) is 9.59 Å². The molecule has 2 N–H and O–H groups in total. The molecule has 0 aromatic carbocycles. The Kier molecular flexibility index (Phi) is 13.0. The Morgan fingerprint density at radius 1 is 1.00 bits per heavy atom. The number of aromatic nitrogens is 2. The van der Waals surface area contributed by atoms with Crippen molar-refractivity contribution in [2.75, 3.05) is 50.3 Å². The van der Waals surface area contributed by atoms with Crippen LogP contribution in [-0.4, -0.2) is 123 Å². The van der Waals surface area contributed by atoms with E-state index in [0.29, 0.717) is 26.3 Å². The van der Waals surface area contributed by atoms with E-state index >= 15 is 0 Å². The molecule has 2 amide bonds. The molecule has 0 radical (unpaired) electrons. The highest BCUT2D eigenvalue weighted by Gasteiger charge is 2.61. The van der Waals surface area contributed by atoms with E-state index in [1.807, 2.05) is 0 Å². The lowest BCUT2D eigenvalue weighted by atomic mass is 9.88. The van der Waals surface area contributed by atoms with Crippen LogP contribution in [0.4, 0.5) is 10.7 Å². The number of nitrogens with zero attached hydrogens (tertiary/aromatic N) is 3. The van der Waals surface area contributed by atoms with Crippen LogP contribution in [0.15, 0.2) is 10.7 Å². The minimum Gasteiger partial charge on any atom is -0.464 e. The molecule has 266 valence electrons. The molecule has 0 unspecified atom stereocenters. The summed E-state index contributed by atoms with van der Waals surface area (Å²) < 4.78 is 48.1. The van der Waals surface area contributed by atoms with Gasteiger partial charge in [0.15, 0.2) is 12.2 Å². The fourth-order valence-corrected chi connectivity index (χ4v) is 4.96. The Labute approximate surface area is 273 Å². The van der Waals surface area contributed by atoms with E-state index in [1.54, 1.807) is 5.01 Å². The Morgan fingerprint density at radius 2 is 1.67 bits per heavy atom. The largest absolute Gasteiger partial charge is 0.464 e. The zero-order valence-corrected chi connectivity index (χ0v) is 27.1. The van der Waals surface area contributed by atoms with Crippen molar-refractivity contribution in [2.45, 2.75) is 77.3 Å². The van der Waals surface area contributed by atoms with Crippen molar-refractivity contribution in [3.05, 3.63) is 6.20 Å². The molecular weight excluding hydrogens is 650 g/mol. The minimum absolute atomic E-state index is 0.222. The van der Waals surface area contributed by atoms with Gasteiger partial charge in [-0.05, 0) is 0 Å². The van der Waals surface area contributed by atoms with Crippen LogP contribution in [-0.2, 0) is 66.7 Å². The smallest absolute Gasteiger partial charge is 0.417 e. The molecule has 21 nitrogen and oxygen atoms in total. The third-order valence-corrected chi connectivity index (χ3v) is 6.71. The molecular formula is C27H38N5O16+. The molecule has 6 atom stereocenters. The summed E-state index contributed by atoms with van der Waals surface area (Å²) in [5.41, 5.74) is 0. The third-order valence-electron chi connectivity index (χ3n) is 6.71. The summed E-state index contributed by atoms with van der Waals surface area (Å²) in [4.78, 5) is 88.7. The van der Waals surface area contributed by atoms with E-state index in [2.05, 4.69) is 15.9 Å². The third kappa shape index (κ3) is 10.2.